The number of ether oxygens (including phenoxy) is 3. The van der Waals surface area contributed by atoms with E-state index in [9.17, 15) is 15.4 Å². The van der Waals surface area contributed by atoms with E-state index in [0.717, 1.165) is 0 Å². The lowest BCUT2D eigenvalue weighted by molar-refractivity contribution is -0.384. The molecule has 1 aliphatic rings. The van der Waals surface area contributed by atoms with Crippen molar-refractivity contribution in [1.29, 1.82) is 5.26 Å². The molecule has 0 saturated carbocycles. The van der Waals surface area contributed by atoms with E-state index in [4.69, 9.17) is 19.9 Å². The first-order chi connectivity index (χ1) is 15.5. The number of aromatic nitrogens is 2. The van der Waals surface area contributed by atoms with E-state index in [1.165, 1.54) is 12.1 Å². The van der Waals surface area contributed by atoms with E-state index in [1.54, 1.807) is 37.4 Å². The van der Waals surface area contributed by atoms with Gasteiger partial charge in [0.25, 0.3) is 5.69 Å². The highest BCUT2D eigenvalue weighted by atomic mass is 16.6. The van der Waals surface area contributed by atoms with Gasteiger partial charge in [0.2, 0.25) is 11.8 Å². The zero-order valence-corrected chi connectivity index (χ0v) is 17.3. The number of methoxy groups -OCH3 is 1. The molecule has 3 N–H and O–H groups in total. The number of non-ortho nitro benzene ring substituents is 1. The number of nitriles is 1. The van der Waals surface area contributed by atoms with Gasteiger partial charge >= 0.3 is 0 Å². The van der Waals surface area contributed by atoms with Crippen LogP contribution in [0.4, 0.5) is 5.69 Å². The van der Waals surface area contributed by atoms with Crippen LogP contribution in [0, 0.1) is 21.4 Å². The van der Waals surface area contributed by atoms with E-state index in [0.29, 0.717) is 40.5 Å². The summed E-state index contributed by atoms with van der Waals surface area (Å²) in [6.07, 6.45) is 0. The van der Waals surface area contributed by atoms with Crippen LogP contribution in [0.1, 0.15) is 24.0 Å². The van der Waals surface area contributed by atoms with E-state index in [2.05, 4.69) is 16.3 Å². The molecule has 4 rings (SSSR count). The predicted molar refractivity (Wildman–Crippen MR) is 114 cm³/mol. The van der Waals surface area contributed by atoms with Gasteiger partial charge in [0.05, 0.1) is 35.8 Å². The van der Waals surface area contributed by atoms with Crippen LogP contribution in [0.2, 0.25) is 0 Å². The third-order valence-corrected chi connectivity index (χ3v) is 5.11. The molecule has 1 atom stereocenters. The Labute approximate surface area is 183 Å². The second kappa shape index (κ2) is 8.31. The minimum atomic E-state index is -0.637. The molecular formula is C22H19N5O5. The quantitative estimate of drug-likeness (QED) is 0.442. The first-order valence-electron chi connectivity index (χ1n) is 9.69. The number of nitrogens with zero attached hydrogens (tertiary/aromatic N) is 3. The fourth-order valence-electron chi connectivity index (χ4n) is 3.71. The van der Waals surface area contributed by atoms with Crippen LogP contribution < -0.4 is 19.9 Å². The number of hydrogen-bond acceptors (Lipinski definition) is 8. The van der Waals surface area contributed by atoms with Gasteiger partial charge < -0.3 is 19.9 Å². The normalized spacial score (nSPS) is 14.8. The standard InChI is InChI=1S/C22H19N5O5/c1-3-31-17-10-12(7-8-16(17)30-2)18-15(11-23)21(24)32-22-19(18)20(25-26-22)13-5-4-6-14(9-13)27(28)29/h4-10,18H,3,24H2,1-2H3,(H,25,26)/t18-/m1/s1. The average molecular weight is 433 g/mol. The summed E-state index contributed by atoms with van der Waals surface area (Å²) >= 11 is 0. The number of hydrogen-bond donors (Lipinski definition) is 2. The number of nitrogens with two attached hydrogens (primary N) is 1. The molecule has 0 fully saturated rings. The minimum absolute atomic E-state index is 0.0594. The Bertz CT molecular complexity index is 1270. The molecular weight excluding hydrogens is 414 g/mol. The Morgan fingerprint density at radius 2 is 2.12 bits per heavy atom. The maximum atomic E-state index is 11.3. The average Bonchev–Trinajstić information content (AvgIpc) is 3.21. The van der Waals surface area contributed by atoms with Crippen molar-refractivity contribution in [3.8, 4) is 34.7 Å². The molecule has 0 aliphatic carbocycles. The number of nitro benzene ring substituents is 1. The van der Waals surface area contributed by atoms with Gasteiger partial charge in [-0.2, -0.15) is 5.26 Å². The topological polar surface area (TPSA) is 149 Å². The van der Waals surface area contributed by atoms with Gasteiger partial charge in [-0.3, -0.25) is 15.2 Å². The highest BCUT2D eigenvalue weighted by molar-refractivity contribution is 5.72. The molecule has 3 aromatic rings. The number of allylic oxidation sites excluding steroid dienone is 1. The van der Waals surface area contributed by atoms with Crippen molar-refractivity contribution in [2.45, 2.75) is 12.8 Å². The number of rotatable bonds is 6. The molecule has 1 aliphatic heterocycles. The summed E-state index contributed by atoms with van der Waals surface area (Å²) in [5, 5.41) is 28.2. The summed E-state index contributed by atoms with van der Waals surface area (Å²) in [5.41, 5.74) is 8.41. The number of benzene rings is 2. The second-order valence-corrected chi connectivity index (χ2v) is 6.89. The van der Waals surface area contributed by atoms with Gasteiger partial charge in [-0.25, -0.2) is 0 Å². The summed E-state index contributed by atoms with van der Waals surface area (Å²) in [6, 6.07) is 13.6. The Morgan fingerprint density at radius 1 is 1.31 bits per heavy atom. The van der Waals surface area contributed by atoms with Crippen LogP contribution in [0.3, 0.4) is 0 Å². The molecule has 10 nitrogen and oxygen atoms in total. The number of nitrogens with one attached hydrogen (secondary N) is 1. The summed E-state index contributed by atoms with van der Waals surface area (Å²) in [4.78, 5) is 10.8. The summed E-state index contributed by atoms with van der Waals surface area (Å²) in [5.74, 6) is 0.556. The molecule has 0 bridgehead atoms. The van der Waals surface area contributed by atoms with E-state index in [1.807, 2.05) is 6.92 Å². The lowest BCUT2D eigenvalue weighted by Crippen LogP contribution is -2.21. The molecule has 0 amide bonds. The zero-order valence-electron chi connectivity index (χ0n) is 17.3. The first-order valence-corrected chi connectivity index (χ1v) is 9.69. The van der Waals surface area contributed by atoms with E-state index in [-0.39, 0.29) is 23.0 Å². The third kappa shape index (κ3) is 3.45. The number of fused-ring (bicyclic) bond motifs is 1. The molecule has 0 spiro atoms. The Morgan fingerprint density at radius 3 is 2.81 bits per heavy atom. The highest BCUT2D eigenvalue weighted by Crippen LogP contribution is 2.47. The van der Waals surface area contributed by atoms with Crippen LogP contribution in [0.15, 0.2) is 53.9 Å². The summed E-state index contributed by atoms with van der Waals surface area (Å²) in [6.45, 7) is 2.28. The van der Waals surface area contributed by atoms with Crippen molar-refractivity contribution >= 4 is 5.69 Å². The van der Waals surface area contributed by atoms with E-state index >= 15 is 0 Å². The lowest BCUT2D eigenvalue weighted by atomic mass is 9.83. The number of aromatic amines is 1. The van der Waals surface area contributed by atoms with Crippen molar-refractivity contribution in [3.63, 3.8) is 0 Å². The maximum Gasteiger partial charge on any atom is 0.270 e. The Balaban J connectivity index is 1.92. The predicted octanol–water partition coefficient (Wildman–Crippen LogP) is 3.61. The summed E-state index contributed by atoms with van der Waals surface area (Å²) < 4.78 is 16.7. The van der Waals surface area contributed by atoms with Gasteiger partial charge in [-0.15, -0.1) is 5.10 Å². The fraction of sp³-hybridized carbons (Fsp3) is 0.182. The van der Waals surface area contributed by atoms with Gasteiger partial charge in [0.1, 0.15) is 11.6 Å². The largest absolute Gasteiger partial charge is 0.493 e. The van der Waals surface area contributed by atoms with E-state index < -0.39 is 10.8 Å². The van der Waals surface area contributed by atoms with Gasteiger partial charge in [-0.05, 0) is 24.6 Å². The van der Waals surface area contributed by atoms with Crippen molar-refractivity contribution in [3.05, 3.63) is 75.2 Å². The second-order valence-electron chi connectivity index (χ2n) is 6.89. The third-order valence-electron chi connectivity index (χ3n) is 5.11. The van der Waals surface area contributed by atoms with Crippen LogP contribution in [0.5, 0.6) is 17.4 Å². The van der Waals surface area contributed by atoms with Crippen molar-refractivity contribution in [1.82, 2.24) is 10.2 Å². The van der Waals surface area contributed by atoms with Gasteiger partial charge in [0, 0.05) is 17.7 Å². The molecule has 2 heterocycles. The lowest BCUT2D eigenvalue weighted by Gasteiger charge is -2.24. The van der Waals surface area contributed by atoms with Crippen LogP contribution in [-0.2, 0) is 0 Å². The smallest absolute Gasteiger partial charge is 0.270 e. The summed E-state index contributed by atoms with van der Waals surface area (Å²) in [7, 11) is 1.54. The van der Waals surface area contributed by atoms with Crippen LogP contribution in [-0.4, -0.2) is 28.8 Å². The zero-order chi connectivity index (χ0) is 22.8. The van der Waals surface area contributed by atoms with Gasteiger partial charge in [-0.1, -0.05) is 18.2 Å². The van der Waals surface area contributed by atoms with Crippen molar-refractivity contribution in [2.75, 3.05) is 13.7 Å². The molecule has 0 saturated heterocycles. The van der Waals surface area contributed by atoms with Crippen molar-refractivity contribution < 1.29 is 19.1 Å². The number of H-pyrrole nitrogens is 1. The maximum absolute atomic E-state index is 11.3. The molecule has 0 radical (unpaired) electrons. The molecule has 162 valence electrons. The molecule has 10 heteroatoms. The Hall–Kier alpha value is -4.52. The van der Waals surface area contributed by atoms with Gasteiger partial charge in [0.15, 0.2) is 11.5 Å². The Kier molecular flexibility index (Phi) is 5.39. The number of nitro groups is 1. The SMILES string of the molecule is CCOc1cc([C@@H]2C(C#N)=C(N)Oc3n[nH]c(-c4cccc([N+](=O)[O-])c4)c32)ccc1OC. The van der Waals surface area contributed by atoms with Crippen molar-refractivity contribution in [2.24, 2.45) is 5.73 Å². The fourth-order valence-corrected chi connectivity index (χ4v) is 3.71. The first kappa shape index (κ1) is 20.7. The molecule has 32 heavy (non-hydrogen) atoms. The molecule has 0 unspecified atom stereocenters. The van der Waals surface area contributed by atoms with Crippen LogP contribution >= 0.6 is 0 Å². The molecule has 2 aromatic carbocycles. The highest BCUT2D eigenvalue weighted by Gasteiger charge is 2.36. The van der Waals surface area contributed by atoms with Crippen LogP contribution in [0.25, 0.3) is 11.3 Å². The monoisotopic (exact) mass is 433 g/mol. The molecule has 1 aromatic heterocycles. The minimum Gasteiger partial charge on any atom is -0.493 e.